The molecule has 0 aliphatic carbocycles. The Morgan fingerprint density at radius 2 is 2.17 bits per heavy atom. The summed E-state index contributed by atoms with van der Waals surface area (Å²) < 4.78 is 10.8. The van der Waals surface area contributed by atoms with Crippen LogP contribution in [0.15, 0.2) is 54.0 Å². The molecule has 6 nitrogen and oxygen atoms in total. The summed E-state index contributed by atoms with van der Waals surface area (Å²) in [4.78, 5) is 16.4. The molecule has 0 fully saturated rings. The molecule has 0 amide bonds. The van der Waals surface area contributed by atoms with Crippen LogP contribution in [0.4, 0.5) is 0 Å². The zero-order valence-corrected chi connectivity index (χ0v) is 13.7. The van der Waals surface area contributed by atoms with Crippen molar-refractivity contribution in [1.29, 1.82) is 0 Å². The topological polar surface area (TPSA) is 75.4 Å². The largest absolute Gasteiger partial charge is 0.618 e. The predicted molar refractivity (Wildman–Crippen MR) is 88.6 cm³/mol. The number of nitrogens with zero attached hydrogens (tertiary/aromatic N) is 2. The third kappa shape index (κ3) is 3.52. The first kappa shape index (κ1) is 15.9. The molecule has 0 bridgehead atoms. The van der Waals surface area contributed by atoms with Crippen molar-refractivity contribution in [1.82, 2.24) is 4.98 Å². The number of rotatable bonds is 5. The molecule has 0 saturated carbocycles. The molecule has 2 aromatic heterocycles. The Labute approximate surface area is 142 Å². The molecule has 0 spiro atoms. The van der Waals surface area contributed by atoms with E-state index in [1.165, 1.54) is 23.6 Å². The Bertz CT molecular complexity index is 863. The van der Waals surface area contributed by atoms with Gasteiger partial charge in [0.25, 0.3) is 0 Å². The molecular formula is C17H14N2O4S. The van der Waals surface area contributed by atoms with Crippen LogP contribution >= 0.6 is 11.3 Å². The van der Waals surface area contributed by atoms with Crippen LogP contribution in [-0.2, 0) is 11.3 Å². The Morgan fingerprint density at radius 1 is 1.29 bits per heavy atom. The van der Waals surface area contributed by atoms with E-state index in [1.807, 2.05) is 29.6 Å². The molecule has 0 radical (unpaired) electrons. The van der Waals surface area contributed by atoms with Crippen molar-refractivity contribution in [2.75, 3.05) is 7.11 Å². The molecule has 0 saturated heterocycles. The highest BCUT2D eigenvalue weighted by Crippen LogP contribution is 2.27. The van der Waals surface area contributed by atoms with E-state index < -0.39 is 5.97 Å². The highest BCUT2D eigenvalue weighted by atomic mass is 32.1. The summed E-state index contributed by atoms with van der Waals surface area (Å²) in [5.41, 5.74) is 1.50. The Kier molecular flexibility index (Phi) is 4.72. The maximum atomic E-state index is 11.9. The second kappa shape index (κ2) is 7.10. The molecule has 0 atom stereocenters. The number of pyridine rings is 1. The van der Waals surface area contributed by atoms with E-state index in [0.717, 1.165) is 16.3 Å². The van der Waals surface area contributed by atoms with Crippen LogP contribution in [0.5, 0.6) is 5.75 Å². The van der Waals surface area contributed by atoms with Gasteiger partial charge in [-0.25, -0.2) is 9.78 Å². The van der Waals surface area contributed by atoms with E-state index in [-0.39, 0.29) is 12.3 Å². The molecule has 0 aliphatic rings. The molecule has 7 heteroatoms. The van der Waals surface area contributed by atoms with Gasteiger partial charge in [-0.05, 0) is 18.2 Å². The minimum Gasteiger partial charge on any atom is -0.618 e. The summed E-state index contributed by atoms with van der Waals surface area (Å²) >= 11 is 1.45. The molecule has 122 valence electrons. The predicted octanol–water partition coefficient (Wildman–Crippen LogP) is 2.81. The molecule has 24 heavy (non-hydrogen) atoms. The molecule has 3 aromatic rings. The molecule has 3 rings (SSSR count). The zero-order valence-electron chi connectivity index (χ0n) is 12.8. The van der Waals surface area contributed by atoms with Crippen molar-refractivity contribution in [3.63, 3.8) is 0 Å². The summed E-state index contributed by atoms with van der Waals surface area (Å²) in [7, 11) is 1.61. The van der Waals surface area contributed by atoms with E-state index in [1.54, 1.807) is 19.2 Å². The lowest BCUT2D eigenvalue weighted by atomic mass is 10.2. The van der Waals surface area contributed by atoms with Crippen molar-refractivity contribution in [3.05, 3.63) is 70.6 Å². The zero-order chi connectivity index (χ0) is 16.9. The number of hydrogen-bond donors (Lipinski definition) is 0. The van der Waals surface area contributed by atoms with Crippen molar-refractivity contribution >= 4 is 17.3 Å². The van der Waals surface area contributed by atoms with Gasteiger partial charge in [-0.15, -0.1) is 11.3 Å². The smallest absolute Gasteiger partial charge is 0.405 e. The molecule has 2 heterocycles. The molecule has 1 aromatic carbocycles. The van der Waals surface area contributed by atoms with E-state index in [9.17, 15) is 10.0 Å². The van der Waals surface area contributed by atoms with E-state index in [0.29, 0.717) is 10.4 Å². The number of hydrogen-bond acceptors (Lipinski definition) is 6. The van der Waals surface area contributed by atoms with Crippen LogP contribution in [0, 0.1) is 5.21 Å². The Balaban J connectivity index is 1.68. The monoisotopic (exact) mass is 342 g/mol. The average Bonchev–Trinajstić information content (AvgIpc) is 3.09. The van der Waals surface area contributed by atoms with Gasteiger partial charge in [-0.2, -0.15) is 4.73 Å². The van der Waals surface area contributed by atoms with E-state index >= 15 is 0 Å². The van der Waals surface area contributed by atoms with Gasteiger partial charge in [0, 0.05) is 23.1 Å². The second-order valence-electron chi connectivity index (χ2n) is 4.86. The average molecular weight is 342 g/mol. The van der Waals surface area contributed by atoms with Gasteiger partial charge in [-0.3, -0.25) is 0 Å². The fourth-order valence-electron chi connectivity index (χ4n) is 2.06. The van der Waals surface area contributed by atoms with Gasteiger partial charge < -0.3 is 14.7 Å². The number of ether oxygens (including phenoxy) is 2. The number of esters is 1. The SMILES string of the molecule is COc1cccc(-c2nc(COC(=O)c3cccc[n+]3[O-])cs2)c1. The molecule has 0 aliphatic heterocycles. The number of carbonyl (C=O) groups is 1. The van der Waals surface area contributed by atoms with Gasteiger partial charge >= 0.3 is 11.7 Å². The number of aromatic nitrogens is 2. The van der Waals surface area contributed by atoms with E-state index in [2.05, 4.69) is 4.98 Å². The third-order valence-electron chi connectivity index (χ3n) is 3.25. The fraction of sp³-hybridized carbons (Fsp3) is 0.118. The minimum atomic E-state index is -0.679. The maximum Gasteiger partial charge on any atom is 0.405 e. The summed E-state index contributed by atoms with van der Waals surface area (Å²) in [6.45, 7) is 0.00813. The van der Waals surface area contributed by atoms with Crippen LogP contribution in [-0.4, -0.2) is 18.1 Å². The lowest BCUT2D eigenvalue weighted by Crippen LogP contribution is -2.34. The van der Waals surface area contributed by atoms with Crippen LogP contribution in [0.1, 0.15) is 16.2 Å². The molecular weight excluding hydrogens is 328 g/mol. The first-order valence-corrected chi connectivity index (χ1v) is 7.99. The third-order valence-corrected chi connectivity index (χ3v) is 4.19. The van der Waals surface area contributed by atoms with Gasteiger partial charge in [-0.1, -0.05) is 12.1 Å². The van der Waals surface area contributed by atoms with Crippen LogP contribution < -0.4 is 9.47 Å². The minimum absolute atomic E-state index is 0.00813. The maximum absolute atomic E-state index is 11.9. The van der Waals surface area contributed by atoms with Crippen LogP contribution in [0.2, 0.25) is 0 Å². The number of carbonyl (C=O) groups excluding carboxylic acids is 1. The van der Waals surface area contributed by atoms with Crippen LogP contribution in [0.25, 0.3) is 10.6 Å². The highest BCUT2D eigenvalue weighted by molar-refractivity contribution is 7.13. The summed E-state index contributed by atoms with van der Waals surface area (Å²) in [6, 6.07) is 12.1. The Hall–Kier alpha value is -2.93. The van der Waals surface area contributed by atoms with Crippen LogP contribution in [0.3, 0.4) is 0 Å². The standard InChI is InChI=1S/C17H14N2O4S/c1-22-14-6-4-5-12(9-14)16-18-13(11-24-16)10-23-17(20)15-7-2-3-8-19(15)21/h2-9,11H,10H2,1H3. The summed E-state index contributed by atoms with van der Waals surface area (Å²) in [5.74, 6) is 0.0706. The van der Waals surface area contributed by atoms with Gasteiger partial charge in [0.15, 0.2) is 6.20 Å². The van der Waals surface area contributed by atoms with Gasteiger partial charge in [0.05, 0.1) is 12.8 Å². The van der Waals surface area contributed by atoms with Crippen molar-refractivity contribution in [2.24, 2.45) is 0 Å². The quantitative estimate of drug-likeness (QED) is 0.405. The highest BCUT2D eigenvalue weighted by Gasteiger charge is 2.17. The second-order valence-corrected chi connectivity index (χ2v) is 5.72. The first-order valence-electron chi connectivity index (χ1n) is 7.11. The van der Waals surface area contributed by atoms with Gasteiger partial charge in [0.2, 0.25) is 0 Å². The number of thiazole rings is 1. The molecule has 0 N–H and O–H groups in total. The molecule has 0 unspecified atom stereocenters. The first-order chi connectivity index (χ1) is 11.7. The number of benzene rings is 1. The van der Waals surface area contributed by atoms with Gasteiger partial charge in [0.1, 0.15) is 17.4 Å². The van der Waals surface area contributed by atoms with Crippen molar-refractivity contribution < 1.29 is 19.0 Å². The van der Waals surface area contributed by atoms with E-state index in [4.69, 9.17) is 9.47 Å². The summed E-state index contributed by atoms with van der Waals surface area (Å²) in [5, 5.41) is 14.1. The normalized spacial score (nSPS) is 10.4. The van der Waals surface area contributed by atoms with Crippen molar-refractivity contribution in [3.8, 4) is 16.3 Å². The van der Waals surface area contributed by atoms with Crippen molar-refractivity contribution in [2.45, 2.75) is 6.61 Å². The number of methoxy groups -OCH3 is 1. The Morgan fingerprint density at radius 3 is 2.96 bits per heavy atom. The lowest BCUT2D eigenvalue weighted by molar-refractivity contribution is -0.608. The summed E-state index contributed by atoms with van der Waals surface area (Å²) in [6.07, 6.45) is 1.25. The fourth-order valence-corrected chi connectivity index (χ4v) is 2.86. The lowest BCUT2D eigenvalue weighted by Gasteiger charge is -2.03.